The van der Waals surface area contributed by atoms with Crippen molar-refractivity contribution in [3.8, 4) is 0 Å². The zero-order valence-electron chi connectivity index (χ0n) is 4.76. The van der Waals surface area contributed by atoms with E-state index in [9.17, 15) is 0 Å². The summed E-state index contributed by atoms with van der Waals surface area (Å²) in [5.74, 6) is 0. The van der Waals surface area contributed by atoms with Gasteiger partial charge in [-0.25, -0.2) is 4.99 Å². The van der Waals surface area contributed by atoms with Gasteiger partial charge in [-0.2, -0.15) is 0 Å². The Bertz CT molecular complexity index is 120. The average molecular weight is 130 g/mol. The highest BCUT2D eigenvalue weighted by atomic mass is 35.5. The Morgan fingerprint density at radius 3 is 2.75 bits per heavy atom. The first-order valence-electron chi connectivity index (χ1n) is 2.25. The monoisotopic (exact) mass is 129 g/mol. The van der Waals surface area contributed by atoms with Gasteiger partial charge in [0.25, 0.3) is 0 Å². The fourth-order valence-corrected chi connectivity index (χ4v) is 0.263. The highest BCUT2D eigenvalue weighted by molar-refractivity contribution is 6.64. The lowest BCUT2D eigenvalue weighted by atomic mass is 10.6. The van der Waals surface area contributed by atoms with Crippen LogP contribution in [0.4, 0.5) is 0 Å². The third kappa shape index (κ3) is 5.44. The summed E-state index contributed by atoms with van der Waals surface area (Å²) in [4.78, 5) is 3.74. The van der Waals surface area contributed by atoms with Crippen molar-refractivity contribution in [2.45, 2.75) is 6.92 Å². The molecule has 0 rings (SSSR count). The molecule has 0 aromatic heterocycles. The molecule has 0 radical (unpaired) electrons. The van der Waals surface area contributed by atoms with Crippen molar-refractivity contribution in [1.82, 2.24) is 0 Å². The molecule has 0 N–H and O–H groups in total. The Morgan fingerprint density at radius 2 is 2.38 bits per heavy atom. The molecular formula is C6H8ClN. The van der Waals surface area contributed by atoms with Gasteiger partial charge in [0.1, 0.15) is 5.17 Å². The van der Waals surface area contributed by atoms with Crippen LogP contribution in [0.2, 0.25) is 0 Å². The van der Waals surface area contributed by atoms with E-state index in [4.69, 9.17) is 11.6 Å². The molecule has 8 heavy (non-hydrogen) atoms. The van der Waals surface area contributed by atoms with E-state index in [0.717, 1.165) is 0 Å². The molecule has 0 atom stereocenters. The zero-order valence-corrected chi connectivity index (χ0v) is 5.52. The number of aliphatic imine (C=N–C) groups is 1. The maximum atomic E-state index is 5.38. The second-order valence-electron chi connectivity index (χ2n) is 1.20. The summed E-state index contributed by atoms with van der Waals surface area (Å²) >= 11 is 5.38. The van der Waals surface area contributed by atoms with Gasteiger partial charge in [0, 0.05) is 6.20 Å². The van der Waals surface area contributed by atoms with Crippen LogP contribution in [0.15, 0.2) is 29.9 Å². The number of hydrogen-bond donors (Lipinski definition) is 0. The standard InChI is InChI=1S/C6H8ClN/c1-3-4-5-8-6(2)7/h3-5H,1H2,2H3/b5-4-,8-6+. The first kappa shape index (κ1) is 7.44. The fourth-order valence-electron chi connectivity index (χ4n) is 0.207. The van der Waals surface area contributed by atoms with Crippen LogP contribution in [0.5, 0.6) is 0 Å². The average Bonchev–Trinajstić information content (AvgIpc) is 1.66. The zero-order chi connectivity index (χ0) is 6.41. The van der Waals surface area contributed by atoms with E-state index in [1.54, 1.807) is 25.3 Å². The van der Waals surface area contributed by atoms with E-state index >= 15 is 0 Å². The lowest BCUT2D eigenvalue weighted by Gasteiger charge is -1.75. The smallest absolute Gasteiger partial charge is 0.103 e. The summed E-state index contributed by atoms with van der Waals surface area (Å²) in [6.45, 7) is 5.18. The molecule has 0 aliphatic rings. The van der Waals surface area contributed by atoms with Crippen LogP contribution in [0.1, 0.15) is 6.92 Å². The topological polar surface area (TPSA) is 12.4 Å². The van der Waals surface area contributed by atoms with Crippen molar-refractivity contribution in [2.24, 2.45) is 4.99 Å². The molecule has 0 spiro atoms. The predicted octanol–water partition coefficient (Wildman–Crippen LogP) is 2.34. The molecule has 0 aromatic carbocycles. The van der Waals surface area contributed by atoms with Crippen LogP contribution in [0.25, 0.3) is 0 Å². The molecule has 0 aliphatic heterocycles. The largest absolute Gasteiger partial charge is 0.249 e. The lowest BCUT2D eigenvalue weighted by Crippen LogP contribution is -1.68. The van der Waals surface area contributed by atoms with Gasteiger partial charge in [-0.15, -0.1) is 0 Å². The van der Waals surface area contributed by atoms with Crippen molar-refractivity contribution >= 4 is 16.8 Å². The highest BCUT2D eigenvalue weighted by Gasteiger charge is 1.70. The molecule has 0 saturated heterocycles. The van der Waals surface area contributed by atoms with E-state index in [2.05, 4.69) is 11.6 Å². The van der Waals surface area contributed by atoms with Crippen LogP contribution >= 0.6 is 11.6 Å². The minimum atomic E-state index is 0.531. The summed E-state index contributed by atoms with van der Waals surface area (Å²) in [7, 11) is 0. The number of allylic oxidation sites excluding steroid dienone is 2. The molecule has 0 aliphatic carbocycles. The number of rotatable bonds is 2. The van der Waals surface area contributed by atoms with Crippen molar-refractivity contribution in [3.63, 3.8) is 0 Å². The van der Waals surface area contributed by atoms with Crippen LogP contribution < -0.4 is 0 Å². The minimum Gasteiger partial charge on any atom is -0.249 e. The molecule has 0 amide bonds. The molecular weight excluding hydrogens is 122 g/mol. The Kier molecular flexibility index (Phi) is 4.27. The van der Waals surface area contributed by atoms with E-state index in [-0.39, 0.29) is 0 Å². The van der Waals surface area contributed by atoms with Crippen LogP contribution in [-0.4, -0.2) is 5.17 Å². The van der Waals surface area contributed by atoms with Crippen molar-refractivity contribution in [1.29, 1.82) is 0 Å². The molecule has 0 unspecified atom stereocenters. The summed E-state index contributed by atoms with van der Waals surface area (Å²) in [5, 5.41) is 0.531. The van der Waals surface area contributed by atoms with Gasteiger partial charge in [-0.3, -0.25) is 0 Å². The summed E-state index contributed by atoms with van der Waals surface area (Å²) in [6, 6.07) is 0. The summed E-state index contributed by atoms with van der Waals surface area (Å²) in [6.07, 6.45) is 4.95. The number of halogens is 1. The van der Waals surface area contributed by atoms with Crippen molar-refractivity contribution in [2.75, 3.05) is 0 Å². The Morgan fingerprint density at radius 1 is 1.75 bits per heavy atom. The van der Waals surface area contributed by atoms with Crippen LogP contribution in [0.3, 0.4) is 0 Å². The molecule has 0 heterocycles. The van der Waals surface area contributed by atoms with Gasteiger partial charge >= 0.3 is 0 Å². The minimum absolute atomic E-state index is 0.531. The van der Waals surface area contributed by atoms with E-state index in [0.29, 0.717) is 5.17 Å². The second-order valence-corrected chi connectivity index (χ2v) is 1.75. The third-order valence-corrected chi connectivity index (χ3v) is 0.572. The quantitative estimate of drug-likeness (QED) is 0.401. The first-order valence-corrected chi connectivity index (χ1v) is 2.62. The van der Waals surface area contributed by atoms with Crippen molar-refractivity contribution in [3.05, 3.63) is 24.9 Å². The number of nitrogens with zero attached hydrogens (tertiary/aromatic N) is 1. The highest BCUT2D eigenvalue weighted by Crippen LogP contribution is 1.84. The first-order chi connectivity index (χ1) is 3.77. The maximum absolute atomic E-state index is 5.38. The summed E-state index contributed by atoms with van der Waals surface area (Å²) < 4.78 is 0. The molecule has 1 nitrogen and oxygen atoms in total. The maximum Gasteiger partial charge on any atom is 0.103 e. The molecule has 0 aromatic rings. The van der Waals surface area contributed by atoms with Crippen LogP contribution in [-0.2, 0) is 0 Å². The Labute approximate surface area is 54.4 Å². The van der Waals surface area contributed by atoms with Crippen LogP contribution in [0, 0.1) is 0 Å². The molecule has 44 valence electrons. The van der Waals surface area contributed by atoms with Crippen molar-refractivity contribution < 1.29 is 0 Å². The van der Waals surface area contributed by atoms with Gasteiger partial charge in [0.2, 0.25) is 0 Å². The van der Waals surface area contributed by atoms with E-state index in [1.165, 1.54) is 0 Å². The Hall–Kier alpha value is -0.560. The van der Waals surface area contributed by atoms with Gasteiger partial charge < -0.3 is 0 Å². The predicted molar refractivity (Wildman–Crippen MR) is 38.3 cm³/mol. The Balaban J connectivity index is 3.57. The lowest BCUT2D eigenvalue weighted by molar-refractivity contribution is 1.56. The van der Waals surface area contributed by atoms with E-state index in [1.807, 2.05) is 0 Å². The normalized spacial score (nSPS) is 12.5. The van der Waals surface area contributed by atoms with Gasteiger partial charge in [0.15, 0.2) is 0 Å². The molecule has 0 fully saturated rings. The molecule has 0 bridgehead atoms. The van der Waals surface area contributed by atoms with Gasteiger partial charge in [-0.05, 0) is 13.0 Å². The second kappa shape index (κ2) is 4.60. The number of hydrogen-bond acceptors (Lipinski definition) is 1. The molecule has 2 heteroatoms. The van der Waals surface area contributed by atoms with Gasteiger partial charge in [-0.1, -0.05) is 24.3 Å². The summed E-state index contributed by atoms with van der Waals surface area (Å²) in [5.41, 5.74) is 0. The van der Waals surface area contributed by atoms with Gasteiger partial charge in [0.05, 0.1) is 0 Å². The van der Waals surface area contributed by atoms with E-state index < -0.39 is 0 Å². The third-order valence-electron chi connectivity index (χ3n) is 0.475. The fraction of sp³-hybridized carbons (Fsp3) is 0.167. The SMILES string of the molecule is C=C/C=C\N=C(/C)Cl. The molecule has 0 saturated carbocycles.